The van der Waals surface area contributed by atoms with E-state index in [1.165, 1.54) is 0 Å². The fourth-order valence-corrected chi connectivity index (χ4v) is 2.98. The van der Waals surface area contributed by atoms with Gasteiger partial charge in [-0.25, -0.2) is 0 Å². The third-order valence-electron chi connectivity index (χ3n) is 4.13. The lowest BCUT2D eigenvalue weighted by Crippen LogP contribution is -2.34. The van der Waals surface area contributed by atoms with E-state index in [4.69, 9.17) is 26.6 Å². The van der Waals surface area contributed by atoms with Gasteiger partial charge in [0.05, 0.1) is 10.6 Å². The number of halogens is 1. The maximum absolute atomic E-state index is 6.37. The number of nitrogens with zero attached hydrogens (tertiary/aromatic N) is 2. The summed E-state index contributed by atoms with van der Waals surface area (Å²) in [5.41, 5.74) is 5.91. The molecule has 22 heavy (non-hydrogen) atoms. The number of nitrogens with two attached hydrogens (primary N) is 1. The van der Waals surface area contributed by atoms with E-state index in [2.05, 4.69) is 10.1 Å². The van der Waals surface area contributed by atoms with Crippen LogP contribution in [0.2, 0.25) is 5.02 Å². The molecule has 1 saturated carbocycles. The van der Waals surface area contributed by atoms with Gasteiger partial charge in [-0.15, -0.1) is 0 Å². The van der Waals surface area contributed by atoms with Gasteiger partial charge in [0.1, 0.15) is 5.75 Å². The maximum atomic E-state index is 6.37. The fourth-order valence-electron chi connectivity index (χ4n) is 2.80. The van der Waals surface area contributed by atoms with Gasteiger partial charge >= 0.3 is 0 Å². The van der Waals surface area contributed by atoms with Crippen LogP contribution in [0, 0.1) is 0 Å². The van der Waals surface area contributed by atoms with Crippen LogP contribution < -0.4 is 10.5 Å². The number of hydrogen-bond acceptors (Lipinski definition) is 5. The lowest BCUT2D eigenvalue weighted by molar-refractivity contribution is 0.154. The molecular weight excluding hydrogens is 302 g/mol. The minimum atomic E-state index is -0.454. The van der Waals surface area contributed by atoms with Crippen molar-refractivity contribution < 1.29 is 9.26 Å². The van der Waals surface area contributed by atoms with E-state index < -0.39 is 5.54 Å². The molecule has 1 aromatic carbocycles. The Kier molecular flexibility index (Phi) is 4.36. The number of aromatic nitrogens is 2. The quantitative estimate of drug-likeness (QED) is 0.901. The summed E-state index contributed by atoms with van der Waals surface area (Å²) >= 11 is 6.13. The molecular formula is C16H20ClN3O2. The van der Waals surface area contributed by atoms with Crippen molar-refractivity contribution in [3.8, 4) is 5.75 Å². The highest BCUT2D eigenvalue weighted by Gasteiger charge is 2.36. The molecule has 1 fully saturated rings. The van der Waals surface area contributed by atoms with Crippen molar-refractivity contribution in [3.63, 3.8) is 0 Å². The van der Waals surface area contributed by atoms with Crippen molar-refractivity contribution in [2.45, 2.75) is 50.7 Å². The molecule has 0 radical (unpaired) electrons. The van der Waals surface area contributed by atoms with E-state index in [1.54, 1.807) is 6.07 Å². The Morgan fingerprint density at radius 1 is 1.36 bits per heavy atom. The third kappa shape index (κ3) is 2.96. The minimum absolute atomic E-state index is 0.328. The highest BCUT2D eigenvalue weighted by molar-refractivity contribution is 6.32. The second kappa shape index (κ2) is 6.26. The van der Waals surface area contributed by atoms with Crippen LogP contribution in [0.4, 0.5) is 0 Å². The first-order chi connectivity index (χ1) is 10.6. The first-order valence-corrected chi connectivity index (χ1v) is 8.04. The van der Waals surface area contributed by atoms with Gasteiger partial charge in [0.15, 0.2) is 11.9 Å². The monoisotopic (exact) mass is 321 g/mol. The average molecular weight is 322 g/mol. The molecule has 6 heteroatoms. The van der Waals surface area contributed by atoms with Gasteiger partial charge in [0.25, 0.3) is 5.89 Å². The Balaban J connectivity index is 1.80. The lowest BCUT2D eigenvalue weighted by Gasteiger charge is -2.18. The SMILES string of the molecule is CCC(Oc1ccccc1Cl)c1nc(C2(N)CCCC2)no1. The largest absolute Gasteiger partial charge is 0.479 e. The normalized spacial score (nSPS) is 18.3. The Labute approximate surface area is 134 Å². The molecule has 1 atom stereocenters. The number of ether oxygens (including phenoxy) is 1. The molecule has 0 aliphatic heterocycles. The predicted octanol–water partition coefficient (Wildman–Crippen LogP) is 3.98. The molecule has 0 amide bonds. The molecule has 1 aromatic heterocycles. The lowest BCUT2D eigenvalue weighted by atomic mass is 9.99. The second-order valence-electron chi connectivity index (χ2n) is 5.76. The summed E-state index contributed by atoms with van der Waals surface area (Å²) in [6, 6.07) is 7.35. The molecule has 2 aromatic rings. The molecule has 0 spiro atoms. The molecule has 0 bridgehead atoms. The third-order valence-corrected chi connectivity index (χ3v) is 4.45. The van der Waals surface area contributed by atoms with E-state index >= 15 is 0 Å². The van der Waals surface area contributed by atoms with Crippen molar-refractivity contribution in [1.82, 2.24) is 10.1 Å². The van der Waals surface area contributed by atoms with Gasteiger partial charge in [0, 0.05) is 0 Å². The van der Waals surface area contributed by atoms with Gasteiger partial charge in [-0.05, 0) is 31.4 Å². The van der Waals surface area contributed by atoms with Crippen molar-refractivity contribution >= 4 is 11.6 Å². The van der Waals surface area contributed by atoms with Gasteiger partial charge in [-0.1, -0.05) is 48.7 Å². The van der Waals surface area contributed by atoms with Crippen LogP contribution in [0.25, 0.3) is 0 Å². The summed E-state index contributed by atoms with van der Waals surface area (Å²) < 4.78 is 11.3. The van der Waals surface area contributed by atoms with Gasteiger partial charge in [-0.2, -0.15) is 4.98 Å². The van der Waals surface area contributed by atoms with E-state index in [0.717, 1.165) is 25.7 Å². The van der Waals surface area contributed by atoms with E-state index in [0.29, 0.717) is 28.9 Å². The fraction of sp³-hybridized carbons (Fsp3) is 0.500. The first kappa shape index (κ1) is 15.3. The van der Waals surface area contributed by atoms with Gasteiger partial charge < -0.3 is 15.0 Å². The van der Waals surface area contributed by atoms with Crippen molar-refractivity contribution in [2.75, 3.05) is 0 Å². The highest BCUT2D eigenvalue weighted by Crippen LogP contribution is 2.36. The zero-order chi connectivity index (χ0) is 15.6. The van der Waals surface area contributed by atoms with E-state index in [-0.39, 0.29) is 6.10 Å². The molecule has 1 aliphatic carbocycles. The molecule has 118 valence electrons. The van der Waals surface area contributed by atoms with E-state index in [9.17, 15) is 0 Å². The smallest absolute Gasteiger partial charge is 0.267 e. The first-order valence-electron chi connectivity index (χ1n) is 7.66. The van der Waals surface area contributed by atoms with Crippen LogP contribution in [0.3, 0.4) is 0 Å². The second-order valence-corrected chi connectivity index (χ2v) is 6.17. The molecule has 1 aliphatic rings. The number of rotatable bonds is 5. The molecule has 3 rings (SSSR count). The number of para-hydroxylation sites is 1. The van der Waals surface area contributed by atoms with Crippen molar-refractivity contribution in [1.29, 1.82) is 0 Å². The van der Waals surface area contributed by atoms with Crippen LogP contribution in [0.5, 0.6) is 5.75 Å². The standard InChI is InChI=1S/C16H20ClN3O2/c1-2-12(21-13-8-4-3-7-11(13)17)14-19-15(20-22-14)16(18)9-5-6-10-16/h3-4,7-8,12H,2,5-6,9-10,18H2,1H3. The highest BCUT2D eigenvalue weighted by atomic mass is 35.5. The summed E-state index contributed by atoms with van der Waals surface area (Å²) in [5, 5.41) is 4.64. The van der Waals surface area contributed by atoms with E-state index in [1.807, 2.05) is 25.1 Å². The summed E-state index contributed by atoms with van der Waals surface area (Å²) in [6.07, 6.45) is 4.37. The van der Waals surface area contributed by atoms with Gasteiger partial charge in [0.2, 0.25) is 0 Å². The Morgan fingerprint density at radius 2 is 2.09 bits per heavy atom. The zero-order valence-corrected chi connectivity index (χ0v) is 13.3. The Morgan fingerprint density at radius 3 is 2.77 bits per heavy atom. The maximum Gasteiger partial charge on any atom is 0.267 e. The Bertz CT molecular complexity index is 638. The molecule has 0 saturated heterocycles. The van der Waals surface area contributed by atoms with Crippen molar-refractivity contribution in [2.24, 2.45) is 5.73 Å². The summed E-state index contributed by atoms with van der Waals surface area (Å²) in [4.78, 5) is 4.49. The van der Waals surface area contributed by atoms with Crippen LogP contribution in [-0.4, -0.2) is 10.1 Å². The minimum Gasteiger partial charge on any atom is -0.479 e. The molecule has 1 heterocycles. The van der Waals surface area contributed by atoms with Gasteiger partial charge in [-0.3, -0.25) is 0 Å². The average Bonchev–Trinajstić information content (AvgIpc) is 3.16. The summed E-state index contributed by atoms with van der Waals surface area (Å²) in [7, 11) is 0. The molecule has 1 unspecified atom stereocenters. The van der Waals surface area contributed by atoms with Crippen LogP contribution >= 0.6 is 11.6 Å². The van der Waals surface area contributed by atoms with Crippen LogP contribution in [0.1, 0.15) is 56.8 Å². The number of benzene rings is 1. The topological polar surface area (TPSA) is 74.2 Å². The van der Waals surface area contributed by atoms with Crippen LogP contribution in [-0.2, 0) is 5.54 Å². The van der Waals surface area contributed by atoms with Crippen LogP contribution in [0.15, 0.2) is 28.8 Å². The predicted molar refractivity (Wildman–Crippen MR) is 83.7 cm³/mol. The summed E-state index contributed by atoms with van der Waals surface area (Å²) in [6.45, 7) is 2.00. The van der Waals surface area contributed by atoms with Crippen molar-refractivity contribution in [3.05, 3.63) is 41.0 Å². The molecule has 2 N–H and O–H groups in total. The number of hydrogen-bond donors (Lipinski definition) is 1. The summed E-state index contributed by atoms with van der Waals surface area (Å²) in [5.74, 6) is 1.65. The zero-order valence-electron chi connectivity index (χ0n) is 12.6. The molecule has 5 nitrogen and oxygen atoms in total. The Hall–Kier alpha value is -1.59.